The lowest BCUT2D eigenvalue weighted by molar-refractivity contribution is -0.132. The number of nitrogens with zero attached hydrogens (tertiary/aromatic N) is 1. The fourth-order valence-electron chi connectivity index (χ4n) is 3.24. The third-order valence-corrected chi connectivity index (χ3v) is 4.84. The predicted molar refractivity (Wildman–Crippen MR) is 89.9 cm³/mol. The van der Waals surface area contributed by atoms with Crippen molar-refractivity contribution >= 4 is 11.6 Å². The van der Waals surface area contributed by atoms with Crippen LogP contribution in [0, 0.1) is 5.92 Å². The van der Waals surface area contributed by atoms with Crippen LogP contribution >= 0.6 is 0 Å². The second kappa shape index (κ2) is 7.45. The first kappa shape index (κ1) is 17.9. The van der Waals surface area contributed by atoms with Gasteiger partial charge < -0.3 is 20.6 Å². The first-order chi connectivity index (χ1) is 10.8. The molecule has 0 radical (unpaired) electrons. The van der Waals surface area contributed by atoms with Gasteiger partial charge in [-0.3, -0.25) is 4.79 Å². The Morgan fingerprint density at radius 1 is 1.61 bits per heavy atom. The Morgan fingerprint density at radius 2 is 2.35 bits per heavy atom. The smallest absolute Gasteiger partial charge is 0.262 e. The Bertz CT molecular complexity index is 499. The number of rotatable bonds is 6. The molecule has 0 aromatic heterocycles. The summed E-state index contributed by atoms with van der Waals surface area (Å²) in [5.41, 5.74) is 0.784. The van der Waals surface area contributed by atoms with Gasteiger partial charge in [0.1, 0.15) is 5.72 Å². The van der Waals surface area contributed by atoms with Crippen LogP contribution in [0.5, 0.6) is 0 Å². The minimum atomic E-state index is -1.21. The molecule has 6 nitrogen and oxygen atoms in total. The van der Waals surface area contributed by atoms with Gasteiger partial charge in [-0.2, -0.15) is 0 Å². The molecule has 130 valence electrons. The molecule has 0 aromatic carbocycles. The van der Waals surface area contributed by atoms with Crippen LogP contribution < -0.4 is 10.6 Å². The van der Waals surface area contributed by atoms with Gasteiger partial charge in [0.05, 0.1) is 5.71 Å². The van der Waals surface area contributed by atoms with E-state index in [9.17, 15) is 9.90 Å². The summed E-state index contributed by atoms with van der Waals surface area (Å²) < 4.78 is 0. The molecular weight excluding hydrogens is 294 g/mol. The second-order valence-corrected chi connectivity index (χ2v) is 6.90. The van der Waals surface area contributed by atoms with Crippen molar-refractivity contribution in [3.63, 3.8) is 0 Å². The van der Waals surface area contributed by atoms with E-state index in [0.29, 0.717) is 24.4 Å². The van der Waals surface area contributed by atoms with Crippen molar-refractivity contribution < 1.29 is 14.7 Å². The topological polar surface area (TPSA) is 83.0 Å². The number of oxime groups is 1. The lowest BCUT2D eigenvalue weighted by Gasteiger charge is -2.22. The SMILES string of the molecule is CCC(C)(O)NC(=O)CO/N=C(\C)C1=CCC[C@H]2NC1CC2C. The molecule has 3 N–H and O–H groups in total. The molecule has 3 unspecified atom stereocenters. The van der Waals surface area contributed by atoms with Crippen LogP contribution in [0.25, 0.3) is 0 Å². The number of fused-ring (bicyclic) bond motifs is 2. The Morgan fingerprint density at radius 3 is 3.04 bits per heavy atom. The maximum atomic E-state index is 11.7. The second-order valence-electron chi connectivity index (χ2n) is 6.90. The molecule has 1 amide bonds. The van der Waals surface area contributed by atoms with E-state index >= 15 is 0 Å². The number of hydrogen-bond acceptors (Lipinski definition) is 5. The van der Waals surface area contributed by atoms with Crippen LogP contribution in [0.3, 0.4) is 0 Å². The highest BCUT2D eigenvalue weighted by molar-refractivity contribution is 5.99. The Kier molecular flexibility index (Phi) is 5.81. The lowest BCUT2D eigenvalue weighted by Crippen LogP contribution is -2.46. The van der Waals surface area contributed by atoms with Crippen LogP contribution in [0.1, 0.15) is 53.4 Å². The van der Waals surface area contributed by atoms with E-state index in [1.54, 1.807) is 13.8 Å². The molecule has 1 saturated heterocycles. The molecule has 2 heterocycles. The summed E-state index contributed by atoms with van der Waals surface area (Å²) in [5.74, 6) is 0.301. The van der Waals surface area contributed by atoms with Gasteiger partial charge in [-0.25, -0.2) is 0 Å². The zero-order valence-corrected chi connectivity index (χ0v) is 14.6. The van der Waals surface area contributed by atoms with Crippen molar-refractivity contribution in [3.8, 4) is 0 Å². The molecule has 23 heavy (non-hydrogen) atoms. The molecule has 2 aliphatic rings. The van der Waals surface area contributed by atoms with E-state index in [4.69, 9.17) is 4.84 Å². The van der Waals surface area contributed by atoms with E-state index in [1.165, 1.54) is 5.57 Å². The van der Waals surface area contributed by atoms with Gasteiger partial charge in [0.25, 0.3) is 5.91 Å². The van der Waals surface area contributed by atoms with Crippen LogP contribution in [-0.4, -0.2) is 41.1 Å². The van der Waals surface area contributed by atoms with E-state index in [2.05, 4.69) is 28.8 Å². The molecule has 0 aromatic rings. The molecule has 2 rings (SSSR count). The fraction of sp³-hybridized carbons (Fsp3) is 0.765. The highest BCUT2D eigenvalue weighted by Gasteiger charge is 2.34. The van der Waals surface area contributed by atoms with E-state index in [-0.39, 0.29) is 12.5 Å². The van der Waals surface area contributed by atoms with Crippen molar-refractivity contribution in [2.75, 3.05) is 6.61 Å². The highest BCUT2D eigenvalue weighted by Crippen LogP contribution is 2.31. The number of allylic oxidation sites excluding steroid dienone is 1. The molecule has 1 fully saturated rings. The molecule has 0 spiro atoms. The van der Waals surface area contributed by atoms with Crippen LogP contribution in [0.15, 0.2) is 16.8 Å². The summed E-state index contributed by atoms with van der Waals surface area (Å²) in [6, 6.07) is 0.920. The number of carbonyl (C=O) groups excluding carboxylic acids is 1. The molecule has 2 bridgehead atoms. The largest absolute Gasteiger partial charge is 0.385 e. The van der Waals surface area contributed by atoms with E-state index < -0.39 is 5.72 Å². The molecular formula is C17H29N3O3. The Labute approximate surface area is 138 Å². The van der Waals surface area contributed by atoms with Gasteiger partial charge in [0, 0.05) is 12.1 Å². The first-order valence-corrected chi connectivity index (χ1v) is 8.49. The van der Waals surface area contributed by atoms with Crippen LogP contribution in [0.2, 0.25) is 0 Å². The van der Waals surface area contributed by atoms with Crippen molar-refractivity contribution in [1.29, 1.82) is 0 Å². The van der Waals surface area contributed by atoms with E-state index in [0.717, 1.165) is 25.0 Å². The maximum absolute atomic E-state index is 11.7. The zero-order valence-electron chi connectivity index (χ0n) is 14.6. The number of carbonyl (C=O) groups is 1. The van der Waals surface area contributed by atoms with Crippen LogP contribution in [0.4, 0.5) is 0 Å². The molecule has 0 aliphatic carbocycles. The van der Waals surface area contributed by atoms with Crippen molar-refractivity contribution in [2.45, 2.75) is 71.2 Å². The average molecular weight is 323 g/mol. The minimum absolute atomic E-state index is 0.197. The first-order valence-electron chi connectivity index (χ1n) is 8.49. The van der Waals surface area contributed by atoms with Gasteiger partial charge >= 0.3 is 0 Å². The molecule has 6 heteroatoms. The monoisotopic (exact) mass is 323 g/mol. The quantitative estimate of drug-likeness (QED) is 0.395. The van der Waals surface area contributed by atoms with Gasteiger partial charge in [0.15, 0.2) is 6.61 Å². The molecule has 4 atom stereocenters. The third kappa shape index (κ3) is 4.78. The summed E-state index contributed by atoms with van der Waals surface area (Å²) in [6.45, 7) is 7.35. The minimum Gasteiger partial charge on any atom is -0.385 e. The molecule has 0 saturated carbocycles. The third-order valence-electron chi connectivity index (χ3n) is 4.84. The Balaban J connectivity index is 1.88. The number of hydrogen-bond donors (Lipinski definition) is 3. The predicted octanol–water partition coefficient (Wildman–Crippen LogP) is 1.70. The zero-order chi connectivity index (χ0) is 17.0. The number of amides is 1. The highest BCUT2D eigenvalue weighted by atomic mass is 16.6. The summed E-state index contributed by atoms with van der Waals surface area (Å²) in [6.07, 6.45) is 5.97. The van der Waals surface area contributed by atoms with Crippen molar-refractivity contribution in [3.05, 3.63) is 11.6 Å². The molecule has 2 aliphatic heterocycles. The maximum Gasteiger partial charge on any atom is 0.262 e. The summed E-state index contributed by atoms with van der Waals surface area (Å²) in [5, 5.41) is 20.0. The van der Waals surface area contributed by atoms with Gasteiger partial charge in [0.2, 0.25) is 0 Å². The lowest BCUT2D eigenvalue weighted by atomic mass is 9.91. The van der Waals surface area contributed by atoms with E-state index in [1.807, 2.05) is 6.92 Å². The number of nitrogens with one attached hydrogen (secondary N) is 2. The summed E-state index contributed by atoms with van der Waals surface area (Å²) >= 11 is 0. The summed E-state index contributed by atoms with van der Waals surface area (Å²) in [7, 11) is 0. The standard InChI is InChI=1S/C17H29N3O3/c1-5-17(4,22)19-16(21)10-23-20-12(3)13-7-6-8-14-11(2)9-15(13)18-14/h7,11,14-15,18,22H,5-6,8-10H2,1-4H3,(H,19,21)/b20-12+/t11?,14-,15?,17?/m1/s1. The van der Waals surface area contributed by atoms with Crippen molar-refractivity contribution in [1.82, 2.24) is 10.6 Å². The fourth-order valence-corrected chi connectivity index (χ4v) is 3.24. The van der Waals surface area contributed by atoms with Crippen LogP contribution in [-0.2, 0) is 9.63 Å². The van der Waals surface area contributed by atoms with Crippen molar-refractivity contribution in [2.24, 2.45) is 11.1 Å². The van der Waals surface area contributed by atoms with Gasteiger partial charge in [-0.1, -0.05) is 25.1 Å². The summed E-state index contributed by atoms with van der Waals surface area (Å²) in [4.78, 5) is 16.9. The number of aliphatic hydroxyl groups is 1. The average Bonchev–Trinajstić information content (AvgIpc) is 2.70. The Hall–Kier alpha value is -1.40. The normalized spacial score (nSPS) is 30.2. The van der Waals surface area contributed by atoms with Gasteiger partial charge in [-0.05, 0) is 51.0 Å². The van der Waals surface area contributed by atoms with Gasteiger partial charge in [-0.15, -0.1) is 0 Å².